The summed E-state index contributed by atoms with van der Waals surface area (Å²) in [6.45, 7) is 5.65. The van der Waals surface area contributed by atoms with Crippen molar-refractivity contribution in [3.63, 3.8) is 0 Å². The maximum Gasteiger partial charge on any atom is 0.216 e. The fraction of sp³-hybridized carbons (Fsp3) is 0.364. The molecule has 6 rings (SSSR count). The van der Waals surface area contributed by atoms with Gasteiger partial charge in [-0.1, -0.05) is 42.5 Å². The molecule has 1 saturated heterocycles. The smallest absolute Gasteiger partial charge is 0.216 e. The highest BCUT2D eigenvalue weighted by atomic mass is 15.7. The molecular weight excluding hydrogens is 376 g/mol. The second kappa shape index (κ2) is 7.09. The minimum atomic E-state index is -0.0289. The first-order valence-corrected chi connectivity index (χ1v) is 10.6. The molecule has 0 radical (unpaired) electrons. The number of hydrazine groups is 1. The number of rotatable bonds is 2. The molecule has 3 aliphatic rings. The zero-order chi connectivity index (χ0) is 20.1. The van der Waals surface area contributed by atoms with Crippen LogP contribution in [0.25, 0.3) is 11.0 Å². The average molecular weight is 403 g/mol. The van der Waals surface area contributed by atoms with Gasteiger partial charge in [0, 0.05) is 26.2 Å². The Kier molecular flexibility index (Phi) is 4.22. The SMILES string of the molecule is CN1CCN(N2CN=C3N[C@H](c4ccccc4)n4c(nc5ccccc54)N3C2)CC1. The van der Waals surface area contributed by atoms with Crippen LogP contribution in [-0.2, 0) is 0 Å². The second-order valence-corrected chi connectivity index (χ2v) is 8.18. The summed E-state index contributed by atoms with van der Waals surface area (Å²) in [7, 11) is 2.18. The van der Waals surface area contributed by atoms with Gasteiger partial charge in [-0.2, -0.15) is 0 Å². The number of guanidine groups is 1. The van der Waals surface area contributed by atoms with Crippen LogP contribution in [0.1, 0.15) is 11.7 Å². The van der Waals surface area contributed by atoms with Gasteiger partial charge < -0.3 is 10.2 Å². The lowest BCUT2D eigenvalue weighted by Crippen LogP contribution is -2.62. The van der Waals surface area contributed by atoms with Gasteiger partial charge >= 0.3 is 0 Å². The molecule has 3 aliphatic heterocycles. The Morgan fingerprint density at radius 2 is 1.67 bits per heavy atom. The summed E-state index contributed by atoms with van der Waals surface area (Å²) in [5.41, 5.74) is 3.34. The summed E-state index contributed by atoms with van der Waals surface area (Å²) in [6, 6.07) is 18.9. The summed E-state index contributed by atoms with van der Waals surface area (Å²) >= 11 is 0. The number of likely N-dealkylation sites (N-methyl/N-ethyl adjacent to an activating group) is 1. The Morgan fingerprint density at radius 1 is 0.900 bits per heavy atom. The van der Waals surface area contributed by atoms with E-state index in [1.54, 1.807) is 0 Å². The lowest BCUT2D eigenvalue weighted by molar-refractivity contribution is -0.0528. The van der Waals surface area contributed by atoms with Crippen LogP contribution in [0.2, 0.25) is 0 Å². The van der Waals surface area contributed by atoms with Crippen LogP contribution in [0.15, 0.2) is 59.6 Å². The zero-order valence-electron chi connectivity index (χ0n) is 17.1. The number of aliphatic imine (C=N–C) groups is 1. The molecule has 8 heteroatoms. The Labute approximate surface area is 176 Å². The lowest BCUT2D eigenvalue weighted by Gasteiger charge is -2.46. The monoisotopic (exact) mass is 402 g/mol. The van der Waals surface area contributed by atoms with E-state index in [1.807, 2.05) is 6.07 Å². The molecule has 0 bridgehead atoms. The number of piperazine rings is 1. The van der Waals surface area contributed by atoms with E-state index in [1.165, 1.54) is 5.56 Å². The molecule has 1 atom stereocenters. The average Bonchev–Trinajstić information content (AvgIpc) is 3.19. The first kappa shape index (κ1) is 17.9. The fourth-order valence-electron chi connectivity index (χ4n) is 4.58. The number of anilines is 1. The summed E-state index contributed by atoms with van der Waals surface area (Å²) in [5.74, 6) is 1.85. The van der Waals surface area contributed by atoms with Crippen molar-refractivity contribution in [2.24, 2.45) is 4.99 Å². The molecule has 30 heavy (non-hydrogen) atoms. The van der Waals surface area contributed by atoms with Crippen molar-refractivity contribution >= 4 is 22.9 Å². The molecule has 0 amide bonds. The summed E-state index contributed by atoms with van der Waals surface area (Å²) in [4.78, 5) is 14.5. The highest BCUT2D eigenvalue weighted by molar-refractivity contribution is 5.98. The van der Waals surface area contributed by atoms with E-state index in [9.17, 15) is 0 Å². The lowest BCUT2D eigenvalue weighted by atomic mass is 10.1. The predicted molar refractivity (Wildman–Crippen MR) is 118 cm³/mol. The van der Waals surface area contributed by atoms with Crippen molar-refractivity contribution in [1.82, 2.24) is 29.8 Å². The number of benzene rings is 2. The minimum Gasteiger partial charge on any atom is -0.331 e. The Bertz CT molecular complexity index is 1080. The van der Waals surface area contributed by atoms with Gasteiger partial charge in [0.05, 0.1) is 17.7 Å². The van der Waals surface area contributed by atoms with E-state index in [-0.39, 0.29) is 6.17 Å². The van der Waals surface area contributed by atoms with E-state index < -0.39 is 0 Å². The summed E-state index contributed by atoms with van der Waals surface area (Å²) in [6.07, 6.45) is -0.0289. The summed E-state index contributed by atoms with van der Waals surface area (Å²) < 4.78 is 2.30. The van der Waals surface area contributed by atoms with Crippen LogP contribution in [0.5, 0.6) is 0 Å². The molecule has 1 fully saturated rings. The van der Waals surface area contributed by atoms with Gasteiger partial charge in [-0.25, -0.2) is 20.0 Å². The van der Waals surface area contributed by atoms with Gasteiger partial charge in [0.2, 0.25) is 11.9 Å². The fourth-order valence-corrected chi connectivity index (χ4v) is 4.58. The van der Waals surface area contributed by atoms with Gasteiger partial charge in [-0.05, 0) is 24.7 Å². The van der Waals surface area contributed by atoms with Crippen LogP contribution in [0, 0.1) is 0 Å². The van der Waals surface area contributed by atoms with Crippen molar-refractivity contribution in [2.45, 2.75) is 6.17 Å². The normalized spacial score (nSPS) is 23.0. The molecule has 2 aromatic carbocycles. The van der Waals surface area contributed by atoms with Crippen molar-refractivity contribution in [3.8, 4) is 0 Å². The van der Waals surface area contributed by atoms with Gasteiger partial charge in [0.15, 0.2) is 0 Å². The van der Waals surface area contributed by atoms with Gasteiger partial charge in [0.1, 0.15) is 12.8 Å². The van der Waals surface area contributed by atoms with Crippen molar-refractivity contribution in [3.05, 3.63) is 60.2 Å². The van der Waals surface area contributed by atoms with Crippen molar-refractivity contribution in [2.75, 3.05) is 51.5 Å². The second-order valence-electron chi connectivity index (χ2n) is 8.18. The van der Waals surface area contributed by atoms with Gasteiger partial charge in [0.25, 0.3) is 0 Å². The largest absolute Gasteiger partial charge is 0.331 e. The Hall–Kier alpha value is -2.94. The number of nitrogens with zero attached hydrogens (tertiary/aromatic N) is 7. The van der Waals surface area contributed by atoms with Crippen LogP contribution in [0.4, 0.5) is 5.95 Å². The van der Waals surface area contributed by atoms with Crippen LogP contribution in [0.3, 0.4) is 0 Å². The number of imidazole rings is 1. The van der Waals surface area contributed by atoms with Crippen LogP contribution < -0.4 is 10.2 Å². The molecule has 0 spiro atoms. The summed E-state index contributed by atoms with van der Waals surface area (Å²) in [5, 5.41) is 8.45. The number of nitrogens with one attached hydrogen (secondary N) is 1. The quantitative estimate of drug-likeness (QED) is 0.705. The highest BCUT2D eigenvalue weighted by Gasteiger charge is 2.37. The predicted octanol–water partition coefficient (Wildman–Crippen LogP) is 1.74. The number of hydrogen-bond donors (Lipinski definition) is 1. The van der Waals surface area contributed by atoms with E-state index >= 15 is 0 Å². The molecule has 0 unspecified atom stereocenters. The van der Waals surface area contributed by atoms with E-state index in [4.69, 9.17) is 9.98 Å². The molecule has 1 aromatic heterocycles. The van der Waals surface area contributed by atoms with E-state index in [0.717, 1.165) is 55.8 Å². The molecule has 1 N–H and O–H groups in total. The topological polar surface area (TPSA) is 55.2 Å². The molecule has 4 heterocycles. The van der Waals surface area contributed by atoms with Gasteiger partial charge in [-0.3, -0.25) is 9.47 Å². The van der Waals surface area contributed by atoms with Crippen LogP contribution in [-0.4, -0.2) is 77.0 Å². The molecule has 0 aliphatic carbocycles. The maximum atomic E-state index is 5.02. The molecule has 3 aromatic rings. The van der Waals surface area contributed by atoms with Crippen molar-refractivity contribution < 1.29 is 0 Å². The Balaban J connectivity index is 1.41. The third kappa shape index (κ3) is 2.87. The van der Waals surface area contributed by atoms with Crippen molar-refractivity contribution in [1.29, 1.82) is 0 Å². The number of aromatic nitrogens is 2. The van der Waals surface area contributed by atoms with Gasteiger partial charge in [-0.15, -0.1) is 0 Å². The Morgan fingerprint density at radius 3 is 2.50 bits per heavy atom. The molecule has 0 saturated carbocycles. The standard InChI is InChI=1S/C22H26N8/c1-26-11-13-27(14-12-26)28-15-23-21-25-20(17-7-3-2-4-8-17)30-19-10-6-5-9-18(19)24-22(30)29(21)16-28/h2-10,20H,11-16H2,1H3,(H,23,25)/t20-/m0/s1. The maximum absolute atomic E-state index is 5.02. The third-order valence-electron chi connectivity index (χ3n) is 6.28. The van der Waals surface area contributed by atoms with Crippen LogP contribution >= 0.6 is 0 Å². The highest BCUT2D eigenvalue weighted by Crippen LogP contribution is 2.33. The zero-order valence-corrected chi connectivity index (χ0v) is 17.1. The van der Waals surface area contributed by atoms with E-state index in [0.29, 0.717) is 6.67 Å². The molecular formula is C22H26N8. The number of hydrogen-bond acceptors (Lipinski definition) is 7. The third-order valence-corrected chi connectivity index (χ3v) is 6.28. The minimum absolute atomic E-state index is 0.0289. The number of fused-ring (bicyclic) bond motifs is 5. The number of para-hydroxylation sites is 2. The molecule has 8 nitrogen and oxygen atoms in total. The first-order chi connectivity index (χ1) is 14.8. The molecule has 154 valence electrons. The van der Waals surface area contributed by atoms with E-state index in [2.05, 4.69) is 85.3 Å². The first-order valence-electron chi connectivity index (χ1n) is 10.6.